The minimum Gasteiger partial charge on any atom is -0.306 e. The van der Waals surface area contributed by atoms with Gasteiger partial charge in [-0.2, -0.15) is 5.10 Å². The quantitative estimate of drug-likeness (QED) is 0.796. The number of carbonyl (C=O) groups excluding carboxylic acids is 1. The van der Waals surface area contributed by atoms with Crippen molar-refractivity contribution in [1.82, 2.24) is 10.3 Å². The monoisotopic (exact) mass is 366 g/mol. The van der Waals surface area contributed by atoms with Gasteiger partial charge in [0, 0.05) is 31.6 Å². The summed E-state index contributed by atoms with van der Waals surface area (Å²) in [6.07, 6.45) is 2.72. The van der Waals surface area contributed by atoms with E-state index in [9.17, 15) is 13.2 Å². The summed E-state index contributed by atoms with van der Waals surface area (Å²) in [6.45, 7) is 5.31. The Morgan fingerprint density at radius 2 is 1.76 bits per heavy atom. The van der Waals surface area contributed by atoms with E-state index >= 15 is 0 Å². The van der Waals surface area contributed by atoms with Crippen LogP contribution in [0.1, 0.15) is 24.0 Å². The van der Waals surface area contributed by atoms with Crippen LogP contribution in [-0.4, -0.2) is 57.9 Å². The van der Waals surface area contributed by atoms with Gasteiger partial charge in [-0.15, -0.1) is 0 Å². The van der Waals surface area contributed by atoms with Gasteiger partial charge < -0.3 is 4.90 Å². The molecule has 0 unspecified atom stereocenters. The molecule has 25 heavy (non-hydrogen) atoms. The number of hydrogen-bond donors (Lipinski definition) is 1. The summed E-state index contributed by atoms with van der Waals surface area (Å²) in [5.41, 5.74) is 5.80. The van der Waals surface area contributed by atoms with Crippen molar-refractivity contribution < 1.29 is 13.2 Å². The van der Waals surface area contributed by atoms with Gasteiger partial charge in [0.05, 0.1) is 11.9 Å². The average Bonchev–Trinajstić information content (AvgIpc) is 2.50. The molecular weight excluding hydrogens is 340 g/mol. The zero-order chi connectivity index (χ0) is 18.6. The van der Waals surface area contributed by atoms with Gasteiger partial charge >= 0.3 is 0 Å². The van der Waals surface area contributed by atoms with Gasteiger partial charge in [0.25, 0.3) is 5.91 Å². The van der Waals surface area contributed by atoms with E-state index in [1.807, 2.05) is 27.0 Å². The van der Waals surface area contributed by atoms with Crippen molar-refractivity contribution in [2.75, 3.05) is 37.2 Å². The molecule has 0 radical (unpaired) electrons. The number of sulfonamides is 1. The Morgan fingerprint density at radius 1 is 1.20 bits per heavy atom. The van der Waals surface area contributed by atoms with Gasteiger partial charge in [-0.1, -0.05) is 6.07 Å². The maximum atomic E-state index is 12.2. The number of benzene rings is 1. The van der Waals surface area contributed by atoms with E-state index in [4.69, 9.17) is 0 Å². The first kappa shape index (κ1) is 19.4. The fourth-order valence-electron chi connectivity index (χ4n) is 2.79. The molecule has 8 heteroatoms. The fraction of sp³-hybridized carbons (Fsp3) is 0.529. The van der Waals surface area contributed by atoms with Crippen LogP contribution in [-0.2, 0) is 14.8 Å². The van der Waals surface area contributed by atoms with E-state index in [0.717, 1.165) is 53.3 Å². The summed E-state index contributed by atoms with van der Waals surface area (Å²) in [6, 6.07) is 5.46. The van der Waals surface area contributed by atoms with Crippen molar-refractivity contribution in [2.24, 2.45) is 5.10 Å². The first-order valence-electron chi connectivity index (χ1n) is 8.24. The molecule has 1 amide bonds. The number of aryl methyl sites for hydroxylation is 2. The highest BCUT2D eigenvalue weighted by atomic mass is 32.2. The highest BCUT2D eigenvalue weighted by molar-refractivity contribution is 7.92. The molecule has 1 saturated heterocycles. The lowest BCUT2D eigenvalue weighted by Crippen LogP contribution is -2.39. The highest BCUT2D eigenvalue weighted by Gasteiger charge is 2.21. The molecule has 138 valence electrons. The van der Waals surface area contributed by atoms with Crippen LogP contribution < -0.4 is 9.73 Å². The maximum absolute atomic E-state index is 12.2. The second-order valence-corrected chi connectivity index (χ2v) is 8.54. The number of carbonyl (C=O) groups is 1. The summed E-state index contributed by atoms with van der Waals surface area (Å²) < 4.78 is 25.4. The van der Waals surface area contributed by atoms with Gasteiger partial charge in [0.1, 0.15) is 6.54 Å². The molecule has 1 aliphatic heterocycles. The van der Waals surface area contributed by atoms with Crippen LogP contribution in [0.2, 0.25) is 0 Å². The van der Waals surface area contributed by atoms with Gasteiger partial charge in [-0.05, 0) is 44.2 Å². The molecule has 0 aromatic heterocycles. The molecular formula is C17H26N4O3S. The molecule has 0 saturated carbocycles. The number of rotatable bonds is 5. The van der Waals surface area contributed by atoms with Crippen molar-refractivity contribution in [3.8, 4) is 0 Å². The van der Waals surface area contributed by atoms with E-state index in [-0.39, 0.29) is 6.54 Å². The number of likely N-dealkylation sites (tertiary alicyclic amines) is 1. The van der Waals surface area contributed by atoms with E-state index in [1.54, 1.807) is 12.1 Å². The minimum absolute atomic E-state index is 0.293. The second-order valence-electron chi connectivity index (χ2n) is 6.63. The number of anilines is 1. The lowest BCUT2D eigenvalue weighted by Gasteiger charge is -2.24. The van der Waals surface area contributed by atoms with Gasteiger partial charge in [0.2, 0.25) is 10.0 Å². The molecule has 1 heterocycles. The first-order chi connectivity index (χ1) is 11.6. The zero-order valence-corrected chi connectivity index (χ0v) is 16.1. The molecule has 2 rings (SSSR count). The molecule has 1 N–H and O–H groups in total. The minimum atomic E-state index is -3.58. The van der Waals surface area contributed by atoms with E-state index < -0.39 is 15.9 Å². The Labute approximate surface area is 149 Å². The van der Waals surface area contributed by atoms with Crippen LogP contribution in [0, 0.1) is 13.8 Å². The van der Waals surface area contributed by atoms with Crippen LogP contribution in [0.5, 0.6) is 0 Å². The van der Waals surface area contributed by atoms with E-state index in [2.05, 4.69) is 15.4 Å². The molecule has 0 spiro atoms. The second kappa shape index (κ2) is 7.97. The van der Waals surface area contributed by atoms with E-state index in [1.165, 1.54) is 0 Å². The Balaban J connectivity index is 2.09. The number of piperidine rings is 1. The molecule has 0 atom stereocenters. The SMILES string of the molecule is Cc1cc(C)cc(N(CC(=O)NN=C2CCN(C)CC2)S(C)(=O)=O)c1. The maximum Gasteiger partial charge on any atom is 0.260 e. The Hall–Kier alpha value is -1.93. The Bertz CT molecular complexity index is 744. The highest BCUT2D eigenvalue weighted by Crippen LogP contribution is 2.21. The molecule has 1 aliphatic rings. The van der Waals surface area contributed by atoms with Crippen LogP contribution in [0.3, 0.4) is 0 Å². The lowest BCUT2D eigenvalue weighted by atomic mass is 10.1. The molecule has 1 fully saturated rings. The summed E-state index contributed by atoms with van der Waals surface area (Å²) in [7, 11) is -1.53. The van der Waals surface area contributed by atoms with Crippen LogP contribution >= 0.6 is 0 Å². The summed E-state index contributed by atoms with van der Waals surface area (Å²) in [5, 5.41) is 4.15. The van der Waals surface area contributed by atoms with Crippen molar-refractivity contribution in [2.45, 2.75) is 26.7 Å². The predicted octanol–water partition coefficient (Wildman–Crippen LogP) is 1.27. The van der Waals surface area contributed by atoms with Gasteiger partial charge in [-0.25, -0.2) is 13.8 Å². The van der Waals surface area contributed by atoms with Crippen molar-refractivity contribution in [1.29, 1.82) is 0 Å². The van der Waals surface area contributed by atoms with Gasteiger partial charge in [0.15, 0.2) is 0 Å². The molecule has 0 aliphatic carbocycles. The topological polar surface area (TPSA) is 82.1 Å². The zero-order valence-electron chi connectivity index (χ0n) is 15.2. The third-order valence-electron chi connectivity index (χ3n) is 4.08. The Kier molecular flexibility index (Phi) is 6.18. The number of hydrogen-bond acceptors (Lipinski definition) is 5. The third-order valence-corrected chi connectivity index (χ3v) is 5.23. The number of hydrazone groups is 1. The molecule has 1 aromatic rings. The lowest BCUT2D eigenvalue weighted by molar-refractivity contribution is -0.119. The van der Waals surface area contributed by atoms with Crippen LogP contribution in [0.4, 0.5) is 5.69 Å². The largest absolute Gasteiger partial charge is 0.306 e. The summed E-state index contributed by atoms with van der Waals surface area (Å²) >= 11 is 0. The normalized spacial score (nSPS) is 15.8. The number of nitrogens with zero attached hydrogens (tertiary/aromatic N) is 3. The fourth-order valence-corrected chi connectivity index (χ4v) is 3.63. The van der Waals surface area contributed by atoms with Crippen LogP contribution in [0.15, 0.2) is 23.3 Å². The first-order valence-corrected chi connectivity index (χ1v) is 10.1. The Morgan fingerprint density at radius 3 is 2.28 bits per heavy atom. The predicted molar refractivity (Wildman–Crippen MR) is 100 cm³/mol. The number of amides is 1. The molecule has 0 bridgehead atoms. The van der Waals surface area contributed by atoms with Crippen molar-refractivity contribution in [3.63, 3.8) is 0 Å². The van der Waals surface area contributed by atoms with Crippen molar-refractivity contribution in [3.05, 3.63) is 29.3 Å². The van der Waals surface area contributed by atoms with Gasteiger partial charge in [-0.3, -0.25) is 9.10 Å². The van der Waals surface area contributed by atoms with E-state index in [0.29, 0.717) is 5.69 Å². The summed E-state index contributed by atoms with van der Waals surface area (Å²) in [4.78, 5) is 14.4. The molecule has 7 nitrogen and oxygen atoms in total. The third kappa shape index (κ3) is 5.82. The van der Waals surface area contributed by atoms with Crippen LogP contribution in [0.25, 0.3) is 0 Å². The number of nitrogens with one attached hydrogen (secondary N) is 1. The molecule has 1 aromatic carbocycles. The smallest absolute Gasteiger partial charge is 0.260 e. The summed E-state index contributed by atoms with van der Waals surface area (Å²) in [5.74, 6) is -0.448. The average molecular weight is 366 g/mol. The van der Waals surface area contributed by atoms with Crippen molar-refractivity contribution >= 4 is 27.3 Å². The standard InChI is InChI=1S/C17H26N4O3S/c1-13-9-14(2)11-16(10-13)21(25(4,23)24)12-17(22)19-18-15-5-7-20(3)8-6-15/h9-11H,5-8,12H2,1-4H3,(H,19,22).